The molecule has 0 saturated heterocycles. The summed E-state index contributed by atoms with van der Waals surface area (Å²) in [6.07, 6.45) is -9.17. The van der Waals surface area contributed by atoms with Crippen molar-refractivity contribution < 1.29 is 602 Å². The van der Waals surface area contributed by atoms with Gasteiger partial charge in [0.15, 0.2) is 0 Å². The molecule has 0 bridgehead atoms. The summed E-state index contributed by atoms with van der Waals surface area (Å²) in [7, 11) is 0. The van der Waals surface area contributed by atoms with Crippen LogP contribution in [0.2, 0.25) is 0 Å². The summed E-state index contributed by atoms with van der Waals surface area (Å²) in [4.78, 5) is 42.8. The van der Waals surface area contributed by atoms with E-state index in [0.717, 1.165) is 0 Å². The van der Waals surface area contributed by atoms with Gasteiger partial charge in [-0.3, -0.25) is 0 Å². The van der Waals surface area contributed by atoms with Crippen LogP contribution in [0, 0.1) is 0 Å². The van der Waals surface area contributed by atoms with Crippen molar-refractivity contribution in [1.29, 1.82) is 0 Å². The van der Waals surface area contributed by atoms with Crippen LogP contribution >= 0.6 is 0 Å². The van der Waals surface area contributed by atoms with Crippen molar-refractivity contribution in [1.82, 2.24) is 0 Å². The van der Waals surface area contributed by atoms with Crippen LogP contribution in [0.5, 0.6) is 0 Å². The van der Waals surface area contributed by atoms with Gasteiger partial charge in [0.1, 0.15) is 0 Å². The number of rotatable bonds is 0. The van der Waals surface area contributed by atoms with Crippen molar-refractivity contribution in [2.24, 2.45) is 0 Å². The Morgan fingerprint density at radius 3 is 0.216 bits per heavy atom. The molecule has 154 valence electrons. The van der Waals surface area contributed by atoms with E-state index in [2.05, 4.69) is 0 Å². The molecule has 0 aromatic rings. The first-order valence-electron chi connectivity index (χ1n) is 3.26. The van der Waals surface area contributed by atoms with Gasteiger partial charge in [0.2, 0.25) is 0 Å². The van der Waals surface area contributed by atoms with Crippen LogP contribution in [0.3, 0.4) is 0 Å². The molecular formula is C5H27Na17O15. The van der Waals surface area contributed by atoms with Crippen LogP contribution in [-0.2, 0) is 0 Å². The van der Waals surface area contributed by atoms with Crippen molar-refractivity contribution in [3.8, 4) is 0 Å². The largest absolute Gasteiger partial charge is 1.00 e. The van der Waals surface area contributed by atoms with E-state index in [0.29, 0.717) is 0 Å². The summed E-state index contributed by atoms with van der Waals surface area (Å²) >= 11 is 0. The molecule has 0 aliphatic heterocycles. The smallest absolute Gasteiger partial charge is 1.00 e. The summed E-state index contributed by atoms with van der Waals surface area (Å²) in [6.45, 7) is 0. The number of carbonyl (C=O) groups is 5. The van der Waals surface area contributed by atoms with Crippen LogP contribution < -0.4 is 502 Å². The zero-order valence-corrected chi connectivity index (χ0v) is 60.0. The van der Waals surface area contributed by atoms with Gasteiger partial charge in [-0.05, 0) is 0 Å². The Bertz CT molecular complexity index is 286. The zero-order chi connectivity index (χ0) is 17.9. The number of hydrogen-bond donors (Lipinski definition) is 10. The van der Waals surface area contributed by atoms with E-state index in [1.807, 2.05) is 0 Å². The van der Waals surface area contributed by atoms with E-state index in [1.165, 1.54) is 0 Å². The minimum absolute atomic E-state index is 0. The topological polar surface area (TPSA) is 288 Å². The average molecular weight is 718 g/mol. The summed E-state index contributed by atoms with van der Waals surface area (Å²) in [6, 6.07) is 0. The second kappa shape index (κ2) is 144. The van der Waals surface area contributed by atoms with Gasteiger partial charge in [0.25, 0.3) is 0 Å². The molecule has 0 aromatic carbocycles. The molecule has 0 rings (SSSR count). The van der Waals surface area contributed by atoms with Crippen molar-refractivity contribution in [2.45, 2.75) is 0 Å². The molecule has 0 unspecified atom stereocenters. The Morgan fingerprint density at radius 2 is 0.216 bits per heavy atom. The maximum Gasteiger partial charge on any atom is 1.00 e. The van der Waals surface area contributed by atoms with Crippen LogP contribution in [0.15, 0.2) is 0 Å². The fourth-order valence-electron chi connectivity index (χ4n) is 0. The SMILES string of the molecule is O=C(O)O.O=C(O)O.O=C(O)O.O=C(O)O.O=C(O)O.[H-].[H-].[H-].[H-].[H-].[H-].[H-].[H-].[H-].[H-].[H-].[H-].[H-].[H-].[H-].[H-].[H-].[Na+].[Na+].[Na+].[Na+].[Na+].[Na+].[Na+].[Na+].[Na+].[Na+].[Na+].[Na+].[Na+].[Na+].[Na+].[Na+].[Na+]. The third-order valence-electron chi connectivity index (χ3n) is 0. The van der Waals surface area contributed by atoms with Gasteiger partial charge < -0.3 is 75.3 Å². The summed E-state index contributed by atoms with van der Waals surface area (Å²) in [5.74, 6) is 0. The van der Waals surface area contributed by atoms with E-state index in [-0.39, 0.29) is 527 Å². The first kappa shape index (κ1) is 153. The zero-order valence-electron chi connectivity index (χ0n) is 43.0. The fourth-order valence-corrected chi connectivity index (χ4v) is 0. The maximum atomic E-state index is 8.56. The van der Waals surface area contributed by atoms with Crippen LogP contribution in [0.1, 0.15) is 24.3 Å². The molecule has 0 saturated carbocycles. The fraction of sp³-hybridized carbons (Fsp3) is 0. The molecule has 0 amide bonds. The number of carboxylic acid groups (broad SMARTS) is 10. The molecule has 32 heteroatoms. The Labute approximate surface area is 615 Å². The first-order valence-corrected chi connectivity index (χ1v) is 3.26. The van der Waals surface area contributed by atoms with Gasteiger partial charge in [-0.1, -0.05) is 0 Å². The normalized spacial score (nSPS) is 3.24. The quantitative estimate of drug-likeness (QED) is 0.104. The summed E-state index contributed by atoms with van der Waals surface area (Å²) in [5.41, 5.74) is 0. The molecule has 0 heterocycles. The monoisotopic (exact) mass is 718 g/mol. The van der Waals surface area contributed by atoms with E-state index in [9.17, 15) is 0 Å². The van der Waals surface area contributed by atoms with E-state index < -0.39 is 30.8 Å². The molecule has 15 nitrogen and oxygen atoms in total. The van der Waals surface area contributed by atoms with E-state index in [1.54, 1.807) is 0 Å². The maximum absolute atomic E-state index is 8.56. The predicted molar refractivity (Wildman–Crippen MR) is 72.2 cm³/mol. The van der Waals surface area contributed by atoms with E-state index >= 15 is 0 Å². The standard InChI is InChI=1S/5CH2O3.17Na.17H/c5*2-1(3)4;;;;;;;;;;;;;;;;;;;;;;;;;;;;;;;;;;/h5*(H2,2,3,4);;;;;;;;;;;;;;;;;;;;;;;;;;;;;;;;;;/q;;;;;17*+1;17*-1. The van der Waals surface area contributed by atoms with Crippen LogP contribution in [0.4, 0.5) is 24.0 Å². The Hall–Kier alpha value is 13.3. The van der Waals surface area contributed by atoms with Gasteiger partial charge in [-0.15, -0.1) is 0 Å². The second-order valence-corrected chi connectivity index (χ2v) is 1.41. The molecule has 10 N–H and O–H groups in total. The van der Waals surface area contributed by atoms with Crippen LogP contribution in [-0.4, -0.2) is 81.8 Å². The van der Waals surface area contributed by atoms with Gasteiger partial charge in [0, 0.05) is 0 Å². The van der Waals surface area contributed by atoms with Crippen molar-refractivity contribution >= 4 is 30.8 Å². The third kappa shape index (κ3) is 621. The van der Waals surface area contributed by atoms with Crippen molar-refractivity contribution in [3.05, 3.63) is 0 Å². The van der Waals surface area contributed by atoms with Crippen molar-refractivity contribution in [3.63, 3.8) is 0 Å². The summed E-state index contributed by atoms with van der Waals surface area (Å²) < 4.78 is 0. The van der Waals surface area contributed by atoms with Gasteiger partial charge in [-0.25, -0.2) is 24.0 Å². The Balaban J connectivity index is -0.00000000122. The molecular weight excluding hydrogens is 691 g/mol. The molecule has 0 aliphatic carbocycles. The minimum Gasteiger partial charge on any atom is -1.00 e. The van der Waals surface area contributed by atoms with Gasteiger partial charge >= 0.3 is 533 Å². The molecule has 0 radical (unpaired) electrons. The molecule has 0 fully saturated rings. The molecule has 0 aliphatic rings. The Kier molecular flexibility index (Phi) is 592. The van der Waals surface area contributed by atoms with E-state index in [4.69, 9.17) is 75.0 Å². The summed E-state index contributed by atoms with van der Waals surface area (Å²) in [5, 5.41) is 69.7. The molecule has 0 spiro atoms. The molecule has 37 heavy (non-hydrogen) atoms. The molecule has 0 atom stereocenters. The molecule has 0 aromatic heterocycles. The van der Waals surface area contributed by atoms with Gasteiger partial charge in [-0.2, -0.15) is 0 Å². The second-order valence-electron chi connectivity index (χ2n) is 1.41. The average Bonchev–Trinajstić information content (AvgIpc) is 1.94. The predicted octanol–water partition coefficient (Wildman–Crippen LogP) is -47.9. The number of hydrogen-bond acceptors (Lipinski definition) is 5. The first-order chi connectivity index (χ1) is 8.66. The minimum atomic E-state index is -1.83. The van der Waals surface area contributed by atoms with Gasteiger partial charge in [0.05, 0.1) is 0 Å². The van der Waals surface area contributed by atoms with Crippen LogP contribution in [0.25, 0.3) is 0 Å². The van der Waals surface area contributed by atoms with Crippen molar-refractivity contribution in [2.75, 3.05) is 0 Å². The Morgan fingerprint density at radius 1 is 0.216 bits per heavy atom. The third-order valence-corrected chi connectivity index (χ3v) is 0.